The highest BCUT2D eigenvalue weighted by atomic mass is 79.9. The number of carbonyl (C=O) groups is 2. The fraction of sp³-hybridized carbons (Fsp3) is 0.0741. The molecular weight excluding hydrogens is 643 g/mol. The van der Waals surface area contributed by atoms with E-state index in [4.69, 9.17) is 27.6 Å². The van der Waals surface area contributed by atoms with Crippen LogP contribution in [-0.4, -0.2) is 30.8 Å². The van der Waals surface area contributed by atoms with Gasteiger partial charge < -0.3 is 9.73 Å². The zero-order valence-corrected chi connectivity index (χ0v) is 24.5. The molecular formula is C27H21BrCl2N4O5S. The molecule has 9 nitrogen and oxygen atoms in total. The van der Waals surface area contributed by atoms with Crippen LogP contribution in [0.5, 0.6) is 0 Å². The molecule has 0 unspecified atom stereocenters. The summed E-state index contributed by atoms with van der Waals surface area (Å²) in [4.78, 5) is 24.2. The maximum absolute atomic E-state index is 13.5. The Bertz CT molecular complexity index is 1640. The lowest BCUT2D eigenvalue weighted by Gasteiger charge is -2.21. The zero-order chi connectivity index (χ0) is 28.7. The van der Waals surface area contributed by atoms with Crippen molar-refractivity contribution in [1.29, 1.82) is 0 Å². The maximum Gasteiger partial charge on any atom is 0.329 e. The summed E-state index contributed by atoms with van der Waals surface area (Å²) in [6, 6.07) is 22.6. The average Bonchev–Trinajstić information content (AvgIpc) is 3.37. The number of furan rings is 1. The minimum atomic E-state index is -3.94. The first-order chi connectivity index (χ1) is 19.1. The molecule has 0 aliphatic carbocycles. The Hall–Kier alpha value is -3.48. The second kappa shape index (κ2) is 13.2. The Balaban J connectivity index is 1.44. The van der Waals surface area contributed by atoms with Crippen molar-refractivity contribution in [1.82, 2.24) is 9.73 Å². The number of hydrogen-bond acceptors (Lipinski definition) is 6. The third-order valence-electron chi connectivity index (χ3n) is 5.38. The van der Waals surface area contributed by atoms with Crippen LogP contribution in [0.2, 0.25) is 10.0 Å². The molecule has 0 bridgehead atoms. The Labute approximate surface area is 249 Å². The second-order valence-corrected chi connectivity index (χ2v) is 12.0. The highest BCUT2D eigenvalue weighted by Gasteiger charge is 2.26. The molecule has 2 N–H and O–H groups in total. The van der Waals surface area contributed by atoms with Gasteiger partial charge in [-0.2, -0.15) is 9.41 Å². The van der Waals surface area contributed by atoms with Crippen molar-refractivity contribution < 1.29 is 22.4 Å². The van der Waals surface area contributed by atoms with Crippen LogP contribution >= 0.6 is 39.1 Å². The van der Waals surface area contributed by atoms with Crippen LogP contribution in [0.25, 0.3) is 0 Å². The summed E-state index contributed by atoms with van der Waals surface area (Å²) >= 11 is 15.2. The summed E-state index contributed by atoms with van der Waals surface area (Å²) < 4.78 is 34.7. The Morgan fingerprint density at radius 1 is 0.900 bits per heavy atom. The Morgan fingerprint density at radius 3 is 2.25 bits per heavy atom. The number of carbonyl (C=O) groups excluding carboxylic acids is 2. The van der Waals surface area contributed by atoms with Gasteiger partial charge in [-0.1, -0.05) is 57.3 Å². The predicted octanol–water partition coefficient (Wildman–Crippen LogP) is 5.83. The van der Waals surface area contributed by atoms with Crippen molar-refractivity contribution in [3.8, 4) is 0 Å². The average molecular weight is 664 g/mol. The molecule has 40 heavy (non-hydrogen) atoms. The summed E-state index contributed by atoms with van der Waals surface area (Å²) in [5.41, 5.74) is 3.28. The van der Waals surface area contributed by atoms with Gasteiger partial charge in [-0.3, -0.25) is 9.59 Å². The van der Waals surface area contributed by atoms with E-state index >= 15 is 0 Å². The number of amides is 2. The summed E-state index contributed by atoms with van der Waals surface area (Å²) in [7, 11) is -3.94. The lowest BCUT2D eigenvalue weighted by Crippen LogP contribution is -2.32. The fourth-order valence-corrected chi connectivity index (χ4v) is 5.50. The van der Waals surface area contributed by atoms with Crippen LogP contribution < -0.4 is 10.7 Å². The number of nitrogens with one attached hydrogen (secondary N) is 2. The predicted molar refractivity (Wildman–Crippen MR) is 157 cm³/mol. The summed E-state index contributed by atoms with van der Waals surface area (Å²) in [5, 5.41) is 7.15. The summed E-state index contributed by atoms with van der Waals surface area (Å²) in [6.07, 6.45) is 1.20. The minimum Gasteiger partial charge on any atom is -0.459 e. The van der Waals surface area contributed by atoms with Gasteiger partial charge in [0.05, 0.1) is 17.7 Å². The van der Waals surface area contributed by atoms with E-state index in [-0.39, 0.29) is 23.7 Å². The van der Waals surface area contributed by atoms with E-state index in [9.17, 15) is 18.0 Å². The van der Waals surface area contributed by atoms with E-state index in [0.717, 1.165) is 10.0 Å². The molecule has 2 amide bonds. The number of hydrazone groups is 1. The van der Waals surface area contributed by atoms with E-state index in [1.54, 1.807) is 60.7 Å². The number of benzene rings is 3. The number of hydrogen-bond donors (Lipinski definition) is 2. The first-order valence-corrected chi connectivity index (χ1v) is 14.6. The van der Waals surface area contributed by atoms with Crippen LogP contribution in [0.4, 0.5) is 5.69 Å². The largest absolute Gasteiger partial charge is 0.459 e. The SMILES string of the molecule is O=C(N/N=C/c1ccc(CN(Cc2ccc(Cl)cc2)S(=O)(=O)c2ccc(Cl)cc2)o1)C(=O)Nc1cccc(Br)c1. The number of sulfonamides is 1. The third kappa shape index (κ3) is 8.03. The molecule has 206 valence electrons. The highest BCUT2D eigenvalue weighted by molar-refractivity contribution is 9.10. The summed E-state index contributed by atoms with van der Waals surface area (Å²) in [6.45, 7) is -0.0434. The van der Waals surface area contributed by atoms with Crippen molar-refractivity contribution in [3.05, 3.63) is 117 Å². The molecule has 13 heteroatoms. The Morgan fingerprint density at radius 2 is 1.57 bits per heavy atom. The number of rotatable bonds is 9. The quantitative estimate of drug-likeness (QED) is 0.133. The molecule has 0 saturated heterocycles. The van der Waals surface area contributed by atoms with E-state index in [2.05, 4.69) is 31.8 Å². The molecule has 0 aliphatic heterocycles. The van der Waals surface area contributed by atoms with Crippen LogP contribution in [0, 0.1) is 0 Å². The molecule has 0 aliphatic rings. The standard InChI is InChI=1S/C27H21BrCl2N4O5S/c28-19-2-1-3-22(14-19)32-26(35)27(36)33-31-15-23-10-11-24(39-23)17-34(16-18-4-6-20(29)7-5-18)40(37,38)25-12-8-21(30)9-13-25/h1-15H,16-17H2,(H,32,35)(H,33,36)/b31-15+. The molecule has 0 saturated carbocycles. The van der Waals surface area contributed by atoms with E-state index in [1.165, 1.54) is 34.8 Å². The van der Waals surface area contributed by atoms with Crippen molar-refractivity contribution >= 4 is 72.9 Å². The van der Waals surface area contributed by atoms with Gasteiger partial charge in [0, 0.05) is 26.8 Å². The van der Waals surface area contributed by atoms with Gasteiger partial charge in [0.2, 0.25) is 10.0 Å². The molecule has 3 aromatic carbocycles. The monoisotopic (exact) mass is 662 g/mol. The van der Waals surface area contributed by atoms with Crippen LogP contribution in [0.15, 0.2) is 104 Å². The van der Waals surface area contributed by atoms with Crippen LogP contribution in [0.3, 0.4) is 0 Å². The minimum absolute atomic E-state index is 0.0510. The highest BCUT2D eigenvalue weighted by Crippen LogP contribution is 2.24. The van der Waals surface area contributed by atoms with E-state index in [1.807, 2.05) is 0 Å². The van der Waals surface area contributed by atoms with Crippen LogP contribution in [-0.2, 0) is 32.7 Å². The topological polar surface area (TPSA) is 121 Å². The smallest absolute Gasteiger partial charge is 0.329 e. The van der Waals surface area contributed by atoms with Gasteiger partial charge in [-0.25, -0.2) is 13.8 Å². The molecule has 0 atom stereocenters. The van der Waals surface area contributed by atoms with Gasteiger partial charge in [0.25, 0.3) is 0 Å². The lowest BCUT2D eigenvalue weighted by molar-refractivity contribution is -0.136. The van der Waals surface area contributed by atoms with Gasteiger partial charge in [0.15, 0.2) is 0 Å². The van der Waals surface area contributed by atoms with Gasteiger partial charge in [0.1, 0.15) is 11.5 Å². The third-order valence-corrected chi connectivity index (χ3v) is 8.19. The maximum atomic E-state index is 13.5. The second-order valence-electron chi connectivity index (χ2n) is 8.32. The van der Waals surface area contributed by atoms with Gasteiger partial charge in [-0.15, -0.1) is 0 Å². The van der Waals surface area contributed by atoms with E-state index < -0.39 is 21.8 Å². The molecule has 0 fully saturated rings. The molecule has 0 radical (unpaired) electrons. The number of anilines is 1. The van der Waals surface area contributed by atoms with Crippen molar-refractivity contribution in [2.24, 2.45) is 5.10 Å². The molecule has 4 aromatic rings. The first-order valence-electron chi connectivity index (χ1n) is 11.6. The number of halogens is 3. The number of nitrogens with zero attached hydrogens (tertiary/aromatic N) is 2. The molecule has 0 spiro atoms. The van der Waals surface area contributed by atoms with Crippen molar-refractivity contribution in [3.63, 3.8) is 0 Å². The van der Waals surface area contributed by atoms with Crippen LogP contribution in [0.1, 0.15) is 17.1 Å². The normalized spacial score (nSPS) is 11.6. The van der Waals surface area contributed by atoms with Gasteiger partial charge in [-0.05, 0) is 72.3 Å². The first kappa shape index (κ1) is 29.5. The summed E-state index contributed by atoms with van der Waals surface area (Å²) in [5.74, 6) is -1.32. The molecule has 1 aromatic heterocycles. The van der Waals surface area contributed by atoms with Crippen molar-refractivity contribution in [2.75, 3.05) is 5.32 Å². The van der Waals surface area contributed by atoms with E-state index in [0.29, 0.717) is 21.5 Å². The lowest BCUT2D eigenvalue weighted by atomic mass is 10.2. The van der Waals surface area contributed by atoms with Crippen molar-refractivity contribution in [2.45, 2.75) is 18.0 Å². The molecule has 4 rings (SSSR count). The Kier molecular flexibility index (Phi) is 9.77. The zero-order valence-electron chi connectivity index (χ0n) is 20.6. The molecule has 1 heterocycles. The van der Waals surface area contributed by atoms with Gasteiger partial charge >= 0.3 is 11.8 Å². The fourth-order valence-electron chi connectivity index (χ4n) is 3.46.